The zero-order valence-electron chi connectivity index (χ0n) is 14.0. The number of halogens is 4. The Bertz CT molecular complexity index is 609. The van der Waals surface area contributed by atoms with Crippen LogP contribution in [0.15, 0.2) is 18.2 Å². The number of benzene rings is 1. The van der Waals surface area contributed by atoms with Gasteiger partial charge in [-0.2, -0.15) is 13.2 Å². The second-order valence-electron chi connectivity index (χ2n) is 5.34. The first-order valence-electron chi connectivity index (χ1n) is 7.56. The smallest absolute Gasteiger partial charge is 0.385 e. The zero-order valence-corrected chi connectivity index (χ0v) is 14.7. The second-order valence-corrected chi connectivity index (χ2v) is 5.75. The van der Waals surface area contributed by atoms with E-state index in [0.29, 0.717) is 19.6 Å². The molecule has 9 heteroatoms. The van der Waals surface area contributed by atoms with Crippen LogP contribution in [0.3, 0.4) is 0 Å². The van der Waals surface area contributed by atoms with Gasteiger partial charge in [0.15, 0.2) is 0 Å². The number of methoxy groups -OCH3 is 1. The van der Waals surface area contributed by atoms with E-state index in [1.165, 1.54) is 11.8 Å². The minimum Gasteiger partial charge on any atom is -0.385 e. The highest BCUT2D eigenvalue weighted by molar-refractivity contribution is 6.33. The Balaban J connectivity index is 2.65. The summed E-state index contributed by atoms with van der Waals surface area (Å²) in [7, 11) is 1.55. The fourth-order valence-electron chi connectivity index (χ4n) is 2.07. The van der Waals surface area contributed by atoms with Gasteiger partial charge in [-0.3, -0.25) is 9.59 Å². The summed E-state index contributed by atoms with van der Waals surface area (Å²) in [5, 5.41) is 2.36. The van der Waals surface area contributed by atoms with Crippen LogP contribution < -0.4 is 5.32 Å². The number of ether oxygens (including phenoxy) is 1. The lowest BCUT2D eigenvalue weighted by Gasteiger charge is -2.20. The summed E-state index contributed by atoms with van der Waals surface area (Å²) in [6, 6.07) is 2.69. The number of amides is 2. The van der Waals surface area contributed by atoms with Crippen LogP contribution in [0.5, 0.6) is 0 Å². The largest absolute Gasteiger partial charge is 0.416 e. The maximum absolute atomic E-state index is 12.7. The highest BCUT2D eigenvalue weighted by Gasteiger charge is 2.31. The maximum atomic E-state index is 12.7. The quantitative estimate of drug-likeness (QED) is 0.701. The third-order valence-corrected chi connectivity index (χ3v) is 3.73. The van der Waals surface area contributed by atoms with Gasteiger partial charge in [0.05, 0.1) is 16.3 Å². The lowest BCUT2D eigenvalue weighted by Crippen LogP contribution is -2.33. The fraction of sp³-hybridized carbons (Fsp3) is 0.500. The number of rotatable bonds is 8. The first kappa shape index (κ1) is 21.2. The summed E-state index contributed by atoms with van der Waals surface area (Å²) in [6.45, 7) is 2.45. The summed E-state index contributed by atoms with van der Waals surface area (Å²) in [4.78, 5) is 25.0. The van der Waals surface area contributed by atoms with Gasteiger partial charge in [0, 0.05) is 40.2 Å². The van der Waals surface area contributed by atoms with E-state index < -0.39 is 17.6 Å². The Morgan fingerprint density at radius 2 is 1.96 bits per heavy atom. The SMILES string of the molecule is COCCCN(CCC(=O)Nc1cc(C(F)(F)F)ccc1Cl)C(C)=O. The molecular weight excluding hydrogens is 361 g/mol. The molecule has 0 atom stereocenters. The van der Waals surface area contributed by atoms with E-state index in [0.717, 1.165) is 18.2 Å². The standard InChI is InChI=1S/C16H20ClF3N2O3/c1-11(23)22(7-3-9-25-2)8-6-15(24)21-14-10-12(16(18,19)20)4-5-13(14)17/h4-5,10H,3,6-9H2,1-2H3,(H,21,24). The molecule has 0 radical (unpaired) electrons. The van der Waals surface area contributed by atoms with Gasteiger partial charge < -0.3 is 15.0 Å². The van der Waals surface area contributed by atoms with Crippen LogP contribution in [-0.2, 0) is 20.5 Å². The zero-order chi connectivity index (χ0) is 19.0. The number of nitrogens with one attached hydrogen (secondary N) is 1. The van der Waals surface area contributed by atoms with Gasteiger partial charge in [-0.15, -0.1) is 0 Å². The molecule has 0 aromatic heterocycles. The number of carbonyl (C=O) groups is 2. The maximum Gasteiger partial charge on any atom is 0.416 e. The number of hydrogen-bond donors (Lipinski definition) is 1. The monoisotopic (exact) mass is 380 g/mol. The Morgan fingerprint density at radius 3 is 2.52 bits per heavy atom. The van der Waals surface area contributed by atoms with Crippen LogP contribution in [0, 0.1) is 0 Å². The molecule has 140 valence electrons. The Labute approximate surface area is 149 Å². The van der Waals surface area contributed by atoms with Crippen molar-refractivity contribution in [1.29, 1.82) is 0 Å². The highest BCUT2D eigenvalue weighted by Crippen LogP contribution is 2.33. The number of hydrogen-bond acceptors (Lipinski definition) is 3. The Hall–Kier alpha value is -1.80. The Morgan fingerprint density at radius 1 is 1.28 bits per heavy atom. The molecule has 1 aromatic carbocycles. The predicted octanol–water partition coefficient (Wildman–Crippen LogP) is 3.57. The van der Waals surface area contributed by atoms with Crippen molar-refractivity contribution in [3.05, 3.63) is 28.8 Å². The highest BCUT2D eigenvalue weighted by atomic mass is 35.5. The second kappa shape index (κ2) is 9.62. The average molecular weight is 381 g/mol. The first-order valence-corrected chi connectivity index (χ1v) is 7.94. The molecule has 0 unspecified atom stereocenters. The van der Waals surface area contributed by atoms with E-state index in [4.69, 9.17) is 16.3 Å². The molecule has 0 heterocycles. The molecule has 2 amide bonds. The molecule has 1 N–H and O–H groups in total. The van der Waals surface area contributed by atoms with Gasteiger partial charge in [0.2, 0.25) is 11.8 Å². The fourth-order valence-corrected chi connectivity index (χ4v) is 2.24. The molecule has 0 spiro atoms. The summed E-state index contributed by atoms with van der Waals surface area (Å²) >= 11 is 5.83. The van der Waals surface area contributed by atoms with Crippen molar-refractivity contribution < 1.29 is 27.5 Å². The summed E-state index contributed by atoms with van der Waals surface area (Å²) in [6.07, 6.45) is -3.97. The van der Waals surface area contributed by atoms with Crippen molar-refractivity contribution in [3.8, 4) is 0 Å². The van der Waals surface area contributed by atoms with Crippen LogP contribution in [0.25, 0.3) is 0 Å². The van der Waals surface area contributed by atoms with Crippen molar-refractivity contribution in [3.63, 3.8) is 0 Å². The number of carbonyl (C=O) groups excluding carboxylic acids is 2. The van der Waals surface area contributed by atoms with Gasteiger partial charge in [0.25, 0.3) is 0 Å². The number of anilines is 1. The molecule has 0 saturated carbocycles. The molecule has 0 fully saturated rings. The molecule has 1 aromatic rings. The van der Waals surface area contributed by atoms with Gasteiger partial charge in [-0.25, -0.2) is 0 Å². The van der Waals surface area contributed by atoms with Crippen LogP contribution in [0.4, 0.5) is 18.9 Å². The molecule has 0 saturated heterocycles. The van der Waals surface area contributed by atoms with Gasteiger partial charge in [-0.1, -0.05) is 11.6 Å². The van der Waals surface area contributed by atoms with E-state index in [2.05, 4.69) is 5.32 Å². The third-order valence-electron chi connectivity index (χ3n) is 3.40. The minimum atomic E-state index is -4.53. The van der Waals surface area contributed by atoms with E-state index in [1.807, 2.05) is 0 Å². The average Bonchev–Trinajstić information content (AvgIpc) is 2.51. The van der Waals surface area contributed by atoms with Gasteiger partial charge in [-0.05, 0) is 24.6 Å². The molecule has 25 heavy (non-hydrogen) atoms. The molecule has 0 aliphatic rings. The van der Waals surface area contributed by atoms with Crippen molar-refractivity contribution >= 4 is 29.1 Å². The Kier molecular flexibility index (Phi) is 8.18. The molecule has 5 nitrogen and oxygen atoms in total. The summed E-state index contributed by atoms with van der Waals surface area (Å²) < 4.78 is 43.1. The first-order chi connectivity index (χ1) is 11.6. The number of alkyl halides is 3. The molecular formula is C16H20ClF3N2O3. The topological polar surface area (TPSA) is 58.6 Å². The van der Waals surface area contributed by atoms with Crippen molar-refractivity contribution in [2.45, 2.75) is 25.9 Å². The third kappa shape index (κ3) is 7.31. The van der Waals surface area contributed by atoms with Crippen LogP contribution in [-0.4, -0.2) is 43.5 Å². The van der Waals surface area contributed by atoms with Crippen molar-refractivity contribution in [2.24, 2.45) is 0 Å². The van der Waals surface area contributed by atoms with E-state index >= 15 is 0 Å². The molecule has 0 aliphatic carbocycles. The van der Waals surface area contributed by atoms with Crippen LogP contribution in [0.1, 0.15) is 25.3 Å². The molecule has 1 rings (SSSR count). The van der Waals surface area contributed by atoms with Crippen LogP contribution in [0.2, 0.25) is 5.02 Å². The lowest BCUT2D eigenvalue weighted by atomic mass is 10.2. The van der Waals surface area contributed by atoms with E-state index in [1.54, 1.807) is 7.11 Å². The van der Waals surface area contributed by atoms with E-state index in [9.17, 15) is 22.8 Å². The number of nitrogens with zero attached hydrogens (tertiary/aromatic N) is 1. The summed E-state index contributed by atoms with van der Waals surface area (Å²) in [5.41, 5.74) is -1.02. The lowest BCUT2D eigenvalue weighted by molar-refractivity contribution is -0.137. The van der Waals surface area contributed by atoms with Gasteiger partial charge >= 0.3 is 6.18 Å². The minimum absolute atomic E-state index is 0.00451. The molecule has 0 aliphatic heterocycles. The normalized spacial score (nSPS) is 11.3. The van der Waals surface area contributed by atoms with Gasteiger partial charge in [0.1, 0.15) is 0 Å². The van der Waals surface area contributed by atoms with Crippen molar-refractivity contribution in [1.82, 2.24) is 4.90 Å². The summed E-state index contributed by atoms with van der Waals surface area (Å²) in [5.74, 6) is -0.722. The van der Waals surface area contributed by atoms with Crippen molar-refractivity contribution in [2.75, 3.05) is 32.1 Å². The predicted molar refractivity (Wildman–Crippen MR) is 88.4 cm³/mol. The van der Waals surface area contributed by atoms with E-state index in [-0.39, 0.29) is 29.6 Å². The van der Waals surface area contributed by atoms with Crippen LogP contribution >= 0.6 is 11.6 Å². The molecule has 0 bridgehead atoms.